The maximum atomic E-state index is 12.4. The van der Waals surface area contributed by atoms with Crippen molar-refractivity contribution < 1.29 is 14.3 Å². The van der Waals surface area contributed by atoms with Crippen molar-refractivity contribution in [1.82, 2.24) is 10.2 Å². The van der Waals surface area contributed by atoms with Gasteiger partial charge in [-0.2, -0.15) is 0 Å². The standard InChI is InChI=1S/C18H27N3O3/c1-12-5-6-14(15(19)11-12)16(22)20-13-7-9-21(10-8-13)17(23)24-18(2,3)4/h5-6,11,13H,7-10,19H2,1-4H3,(H,20,22). The van der Waals surface area contributed by atoms with Crippen molar-refractivity contribution in [2.24, 2.45) is 0 Å². The second-order valence-electron chi connectivity index (χ2n) is 7.31. The molecule has 6 nitrogen and oxygen atoms in total. The van der Waals surface area contributed by atoms with Crippen LogP contribution in [0.1, 0.15) is 49.5 Å². The number of hydrogen-bond donors (Lipinski definition) is 2. The molecular weight excluding hydrogens is 306 g/mol. The van der Waals surface area contributed by atoms with Gasteiger partial charge in [-0.05, 0) is 58.2 Å². The van der Waals surface area contributed by atoms with E-state index in [1.165, 1.54) is 0 Å². The lowest BCUT2D eigenvalue weighted by Crippen LogP contribution is -2.47. The smallest absolute Gasteiger partial charge is 0.410 e. The third-order valence-corrected chi connectivity index (χ3v) is 3.93. The number of nitrogens with zero attached hydrogens (tertiary/aromatic N) is 1. The average molecular weight is 333 g/mol. The largest absolute Gasteiger partial charge is 0.444 e. The Morgan fingerprint density at radius 3 is 2.42 bits per heavy atom. The van der Waals surface area contributed by atoms with E-state index in [2.05, 4.69) is 5.32 Å². The van der Waals surface area contributed by atoms with E-state index in [1.54, 1.807) is 17.0 Å². The number of carbonyl (C=O) groups is 2. The Balaban J connectivity index is 1.86. The normalized spacial score (nSPS) is 15.9. The SMILES string of the molecule is Cc1ccc(C(=O)NC2CCN(C(=O)OC(C)(C)C)CC2)c(N)c1. The molecule has 24 heavy (non-hydrogen) atoms. The molecule has 1 heterocycles. The summed E-state index contributed by atoms with van der Waals surface area (Å²) in [5, 5.41) is 3.01. The van der Waals surface area contributed by atoms with Gasteiger partial charge in [0.1, 0.15) is 5.60 Å². The quantitative estimate of drug-likeness (QED) is 0.815. The predicted molar refractivity (Wildman–Crippen MR) is 93.9 cm³/mol. The molecule has 0 atom stereocenters. The molecule has 1 aliphatic heterocycles. The van der Waals surface area contributed by atoms with Gasteiger partial charge < -0.3 is 20.7 Å². The lowest BCUT2D eigenvalue weighted by Gasteiger charge is -2.33. The van der Waals surface area contributed by atoms with E-state index in [0.717, 1.165) is 5.56 Å². The number of aryl methyl sites for hydroxylation is 1. The highest BCUT2D eigenvalue weighted by Gasteiger charge is 2.27. The van der Waals surface area contributed by atoms with Gasteiger partial charge in [-0.1, -0.05) is 6.07 Å². The number of likely N-dealkylation sites (tertiary alicyclic amines) is 1. The highest BCUT2D eigenvalue weighted by Crippen LogP contribution is 2.17. The molecule has 0 aromatic heterocycles. The van der Waals surface area contributed by atoms with Gasteiger partial charge in [0, 0.05) is 24.8 Å². The Kier molecular flexibility index (Phi) is 5.36. The van der Waals surface area contributed by atoms with E-state index >= 15 is 0 Å². The molecule has 0 radical (unpaired) electrons. The first kappa shape index (κ1) is 18.1. The zero-order chi connectivity index (χ0) is 17.9. The summed E-state index contributed by atoms with van der Waals surface area (Å²) in [6, 6.07) is 5.45. The van der Waals surface area contributed by atoms with E-state index in [4.69, 9.17) is 10.5 Å². The van der Waals surface area contributed by atoms with Gasteiger partial charge in [0.25, 0.3) is 5.91 Å². The van der Waals surface area contributed by atoms with Crippen molar-refractivity contribution in [1.29, 1.82) is 0 Å². The van der Waals surface area contributed by atoms with Gasteiger partial charge in [-0.15, -0.1) is 0 Å². The molecule has 1 aromatic rings. The summed E-state index contributed by atoms with van der Waals surface area (Å²) < 4.78 is 5.37. The van der Waals surface area contributed by atoms with Crippen LogP contribution in [0.15, 0.2) is 18.2 Å². The first-order valence-corrected chi connectivity index (χ1v) is 8.30. The fraction of sp³-hybridized carbons (Fsp3) is 0.556. The maximum absolute atomic E-state index is 12.4. The number of nitrogens with two attached hydrogens (primary N) is 1. The van der Waals surface area contributed by atoms with Gasteiger partial charge in [0.2, 0.25) is 0 Å². The fourth-order valence-electron chi connectivity index (χ4n) is 2.68. The lowest BCUT2D eigenvalue weighted by atomic mass is 10.0. The number of hydrogen-bond acceptors (Lipinski definition) is 4. The Morgan fingerprint density at radius 1 is 1.25 bits per heavy atom. The predicted octanol–water partition coefficient (Wildman–Crippen LogP) is 2.71. The van der Waals surface area contributed by atoms with Crippen molar-refractivity contribution in [3.05, 3.63) is 29.3 Å². The van der Waals surface area contributed by atoms with Crippen LogP contribution in [0.25, 0.3) is 0 Å². The van der Waals surface area contributed by atoms with Crippen LogP contribution < -0.4 is 11.1 Å². The van der Waals surface area contributed by atoms with Crippen molar-refractivity contribution in [2.75, 3.05) is 18.8 Å². The topological polar surface area (TPSA) is 84.7 Å². The van der Waals surface area contributed by atoms with Crippen LogP contribution in [0, 0.1) is 6.92 Å². The molecule has 2 rings (SSSR count). The van der Waals surface area contributed by atoms with Crippen LogP contribution in [0.5, 0.6) is 0 Å². The van der Waals surface area contributed by atoms with Crippen LogP contribution in [-0.2, 0) is 4.74 Å². The number of ether oxygens (including phenoxy) is 1. The van der Waals surface area contributed by atoms with Crippen molar-refractivity contribution >= 4 is 17.7 Å². The summed E-state index contributed by atoms with van der Waals surface area (Å²) in [6.45, 7) is 8.63. The number of nitrogen functional groups attached to an aromatic ring is 1. The number of amides is 2. The highest BCUT2D eigenvalue weighted by molar-refractivity contribution is 5.99. The summed E-state index contributed by atoms with van der Waals surface area (Å²) in [4.78, 5) is 26.1. The fourth-order valence-corrected chi connectivity index (χ4v) is 2.68. The second-order valence-corrected chi connectivity index (χ2v) is 7.31. The number of nitrogens with one attached hydrogen (secondary N) is 1. The van der Waals surface area contributed by atoms with Gasteiger partial charge >= 0.3 is 6.09 Å². The molecule has 3 N–H and O–H groups in total. The van der Waals surface area contributed by atoms with E-state index in [0.29, 0.717) is 37.2 Å². The Labute approximate surface area is 143 Å². The molecule has 0 bridgehead atoms. The first-order valence-electron chi connectivity index (χ1n) is 8.30. The number of carbonyl (C=O) groups excluding carboxylic acids is 2. The van der Waals surface area contributed by atoms with E-state index in [9.17, 15) is 9.59 Å². The Hall–Kier alpha value is -2.24. The molecule has 0 spiro atoms. The highest BCUT2D eigenvalue weighted by atomic mass is 16.6. The summed E-state index contributed by atoms with van der Waals surface area (Å²) >= 11 is 0. The molecule has 6 heteroatoms. The van der Waals surface area contributed by atoms with Crippen molar-refractivity contribution in [3.63, 3.8) is 0 Å². The number of rotatable bonds is 2. The Bertz CT molecular complexity index is 614. The third-order valence-electron chi connectivity index (χ3n) is 3.93. The van der Waals surface area contributed by atoms with Gasteiger partial charge in [-0.3, -0.25) is 4.79 Å². The molecule has 1 saturated heterocycles. The summed E-state index contributed by atoms with van der Waals surface area (Å²) in [7, 11) is 0. The van der Waals surface area contributed by atoms with Crippen molar-refractivity contribution in [2.45, 2.75) is 52.2 Å². The van der Waals surface area contributed by atoms with Gasteiger partial charge in [0.15, 0.2) is 0 Å². The van der Waals surface area contributed by atoms with Crippen LogP contribution in [0.3, 0.4) is 0 Å². The van der Waals surface area contributed by atoms with Gasteiger partial charge in [-0.25, -0.2) is 4.79 Å². The summed E-state index contributed by atoms with van der Waals surface area (Å²) in [5.74, 6) is -0.164. The molecule has 132 valence electrons. The van der Waals surface area contributed by atoms with Crippen LogP contribution in [0.2, 0.25) is 0 Å². The number of anilines is 1. The van der Waals surface area contributed by atoms with E-state index in [-0.39, 0.29) is 18.0 Å². The number of benzene rings is 1. The second kappa shape index (κ2) is 7.11. The Morgan fingerprint density at radius 2 is 1.88 bits per heavy atom. The molecule has 1 aromatic carbocycles. The van der Waals surface area contributed by atoms with E-state index in [1.807, 2.05) is 33.8 Å². The number of piperidine rings is 1. The maximum Gasteiger partial charge on any atom is 0.410 e. The molecule has 0 aliphatic carbocycles. The molecular formula is C18H27N3O3. The van der Waals surface area contributed by atoms with Crippen LogP contribution in [-0.4, -0.2) is 41.6 Å². The zero-order valence-electron chi connectivity index (χ0n) is 14.9. The average Bonchev–Trinajstić information content (AvgIpc) is 2.45. The molecule has 1 fully saturated rings. The lowest BCUT2D eigenvalue weighted by molar-refractivity contribution is 0.0199. The minimum atomic E-state index is -0.495. The third kappa shape index (κ3) is 4.88. The summed E-state index contributed by atoms with van der Waals surface area (Å²) in [5.41, 5.74) is 7.43. The van der Waals surface area contributed by atoms with E-state index < -0.39 is 5.60 Å². The molecule has 0 saturated carbocycles. The molecule has 1 aliphatic rings. The van der Waals surface area contributed by atoms with Crippen molar-refractivity contribution in [3.8, 4) is 0 Å². The van der Waals surface area contributed by atoms with Crippen LogP contribution in [0.4, 0.5) is 10.5 Å². The minimum absolute atomic E-state index is 0.0388. The first-order chi connectivity index (χ1) is 11.2. The minimum Gasteiger partial charge on any atom is -0.444 e. The monoisotopic (exact) mass is 333 g/mol. The van der Waals surface area contributed by atoms with Gasteiger partial charge in [0.05, 0.1) is 5.56 Å². The molecule has 2 amide bonds. The summed E-state index contributed by atoms with van der Waals surface area (Å²) in [6.07, 6.45) is 1.11. The zero-order valence-corrected chi connectivity index (χ0v) is 14.9. The van der Waals surface area contributed by atoms with Crippen LogP contribution >= 0.6 is 0 Å². The molecule has 0 unspecified atom stereocenters.